The summed E-state index contributed by atoms with van der Waals surface area (Å²) >= 11 is 9.53. The van der Waals surface area contributed by atoms with Gasteiger partial charge in [-0.2, -0.15) is 0 Å². The van der Waals surface area contributed by atoms with Crippen molar-refractivity contribution in [1.29, 1.82) is 0 Å². The standard InChI is InChI=1S/C16H20BrClN2O/c17-11-4-5-13(14(18)8-11)16(21)20-15-9-2-1-3-10(15)7-12(19)6-9/h4-5,8-10,12,15H,1-3,6-7,19H2,(H,20,21). The number of nitrogens with one attached hydrogen (secondary N) is 1. The van der Waals surface area contributed by atoms with Crippen LogP contribution in [0.5, 0.6) is 0 Å². The summed E-state index contributed by atoms with van der Waals surface area (Å²) in [6, 6.07) is 5.92. The largest absolute Gasteiger partial charge is 0.349 e. The van der Waals surface area contributed by atoms with Crippen molar-refractivity contribution in [3.63, 3.8) is 0 Å². The molecule has 2 unspecified atom stereocenters. The Bertz CT molecular complexity index is 537. The third-order valence-electron chi connectivity index (χ3n) is 4.85. The zero-order chi connectivity index (χ0) is 15.0. The molecule has 0 aromatic heterocycles. The van der Waals surface area contributed by atoms with Gasteiger partial charge in [-0.15, -0.1) is 0 Å². The topological polar surface area (TPSA) is 55.1 Å². The van der Waals surface area contributed by atoms with E-state index in [-0.39, 0.29) is 11.9 Å². The third-order valence-corrected chi connectivity index (χ3v) is 5.66. The molecule has 0 spiro atoms. The zero-order valence-electron chi connectivity index (χ0n) is 11.8. The van der Waals surface area contributed by atoms with Crippen LogP contribution in [0.4, 0.5) is 0 Å². The minimum absolute atomic E-state index is 0.0649. The molecule has 0 saturated heterocycles. The van der Waals surface area contributed by atoms with Crippen LogP contribution in [0.25, 0.3) is 0 Å². The number of carbonyl (C=O) groups excluding carboxylic acids is 1. The van der Waals surface area contributed by atoms with E-state index in [1.165, 1.54) is 19.3 Å². The molecule has 3 rings (SSSR count). The number of nitrogens with two attached hydrogens (primary N) is 1. The van der Waals surface area contributed by atoms with E-state index in [0.29, 0.717) is 28.5 Å². The maximum absolute atomic E-state index is 12.5. The minimum Gasteiger partial charge on any atom is -0.349 e. The summed E-state index contributed by atoms with van der Waals surface area (Å²) in [6.07, 6.45) is 5.64. The van der Waals surface area contributed by atoms with E-state index in [4.69, 9.17) is 17.3 Å². The monoisotopic (exact) mass is 370 g/mol. The number of benzene rings is 1. The molecule has 2 atom stereocenters. The first-order valence-electron chi connectivity index (χ1n) is 7.56. The maximum atomic E-state index is 12.5. The maximum Gasteiger partial charge on any atom is 0.253 e. The normalized spacial score (nSPS) is 31.8. The van der Waals surface area contributed by atoms with Gasteiger partial charge in [0.25, 0.3) is 5.91 Å². The van der Waals surface area contributed by atoms with Gasteiger partial charge in [0, 0.05) is 16.6 Å². The van der Waals surface area contributed by atoms with Crippen molar-refractivity contribution in [2.45, 2.75) is 44.2 Å². The SMILES string of the molecule is NC1CC2CCCC(C1)C2NC(=O)c1ccc(Br)cc1Cl. The lowest BCUT2D eigenvalue weighted by molar-refractivity contribution is 0.0756. The lowest BCUT2D eigenvalue weighted by Crippen LogP contribution is -2.53. The highest BCUT2D eigenvalue weighted by molar-refractivity contribution is 9.10. The summed E-state index contributed by atoms with van der Waals surface area (Å²) in [6.45, 7) is 0. The summed E-state index contributed by atoms with van der Waals surface area (Å²) in [5, 5.41) is 3.71. The highest BCUT2D eigenvalue weighted by Gasteiger charge is 2.40. The Morgan fingerprint density at radius 2 is 1.95 bits per heavy atom. The Kier molecular flexibility index (Phi) is 4.57. The van der Waals surface area contributed by atoms with Crippen LogP contribution in [-0.4, -0.2) is 18.0 Å². The van der Waals surface area contributed by atoms with E-state index in [1.54, 1.807) is 12.1 Å². The number of hydrogen-bond donors (Lipinski definition) is 2. The average Bonchev–Trinajstić information content (AvgIpc) is 2.39. The van der Waals surface area contributed by atoms with Gasteiger partial charge in [-0.05, 0) is 55.7 Å². The van der Waals surface area contributed by atoms with Crippen LogP contribution in [0.15, 0.2) is 22.7 Å². The number of carbonyl (C=O) groups is 1. The van der Waals surface area contributed by atoms with Gasteiger partial charge in [-0.25, -0.2) is 0 Å². The van der Waals surface area contributed by atoms with Crippen molar-refractivity contribution < 1.29 is 4.79 Å². The van der Waals surface area contributed by atoms with Crippen molar-refractivity contribution in [3.05, 3.63) is 33.3 Å². The minimum atomic E-state index is -0.0649. The highest BCUT2D eigenvalue weighted by Crippen LogP contribution is 2.39. The molecule has 0 heterocycles. The van der Waals surface area contributed by atoms with Gasteiger partial charge in [-0.1, -0.05) is 34.0 Å². The first-order valence-corrected chi connectivity index (χ1v) is 8.73. The van der Waals surface area contributed by atoms with Crippen molar-refractivity contribution >= 4 is 33.4 Å². The lowest BCUT2D eigenvalue weighted by atomic mass is 9.67. The second kappa shape index (κ2) is 6.27. The molecule has 3 nitrogen and oxygen atoms in total. The van der Waals surface area contributed by atoms with Gasteiger partial charge >= 0.3 is 0 Å². The molecule has 2 bridgehead atoms. The molecular weight excluding hydrogens is 352 g/mol. The molecule has 1 aromatic carbocycles. The summed E-state index contributed by atoms with van der Waals surface area (Å²) < 4.78 is 0.879. The van der Waals surface area contributed by atoms with E-state index < -0.39 is 0 Å². The predicted octanol–water partition coefficient (Wildman–Crippen LogP) is 3.74. The smallest absolute Gasteiger partial charge is 0.253 e. The summed E-state index contributed by atoms with van der Waals surface area (Å²) in [4.78, 5) is 12.5. The van der Waals surface area contributed by atoms with Gasteiger partial charge in [0.05, 0.1) is 10.6 Å². The van der Waals surface area contributed by atoms with Crippen LogP contribution in [0, 0.1) is 11.8 Å². The predicted molar refractivity (Wildman–Crippen MR) is 88.4 cm³/mol. The van der Waals surface area contributed by atoms with Crippen LogP contribution >= 0.6 is 27.5 Å². The Labute approximate surface area is 138 Å². The molecular formula is C16H20BrClN2O. The van der Waals surface area contributed by atoms with Gasteiger partial charge in [0.2, 0.25) is 0 Å². The van der Waals surface area contributed by atoms with E-state index in [1.807, 2.05) is 6.07 Å². The summed E-state index contributed by atoms with van der Waals surface area (Å²) in [5.41, 5.74) is 6.68. The van der Waals surface area contributed by atoms with E-state index in [0.717, 1.165) is 17.3 Å². The quantitative estimate of drug-likeness (QED) is 0.832. The molecule has 2 fully saturated rings. The van der Waals surface area contributed by atoms with Gasteiger partial charge < -0.3 is 11.1 Å². The fraction of sp³-hybridized carbons (Fsp3) is 0.562. The molecule has 3 N–H and O–H groups in total. The Balaban J connectivity index is 1.75. The van der Waals surface area contributed by atoms with Gasteiger partial charge in [0.1, 0.15) is 0 Å². The first kappa shape index (κ1) is 15.3. The molecule has 1 aromatic rings. The second-order valence-electron chi connectivity index (χ2n) is 6.31. The molecule has 2 saturated carbocycles. The number of fused-ring (bicyclic) bond motifs is 2. The molecule has 0 radical (unpaired) electrons. The van der Waals surface area contributed by atoms with Crippen molar-refractivity contribution in [3.8, 4) is 0 Å². The first-order chi connectivity index (χ1) is 10.0. The molecule has 1 amide bonds. The lowest BCUT2D eigenvalue weighted by Gasteiger charge is -2.45. The number of hydrogen-bond acceptors (Lipinski definition) is 2. The van der Waals surface area contributed by atoms with Crippen LogP contribution in [0.2, 0.25) is 5.02 Å². The van der Waals surface area contributed by atoms with Crippen LogP contribution < -0.4 is 11.1 Å². The Morgan fingerprint density at radius 1 is 1.29 bits per heavy atom. The third kappa shape index (κ3) is 3.27. The van der Waals surface area contributed by atoms with Gasteiger partial charge in [-0.3, -0.25) is 4.79 Å². The molecule has 2 aliphatic carbocycles. The van der Waals surface area contributed by atoms with Crippen molar-refractivity contribution in [2.75, 3.05) is 0 Å². The molecule has 5 heteroatoms. The molecule has 2 aliphatic rings. The number of amides is 1. The molecule has 21 heavy (non-hydrogen) atoms. The van der Waals surface area contributed by atoms with E-state index in [2.05, 4.69) is 21.2 Å². The molecule has 114 valence electrons. The Morgan fingerprint density at radius 3 is 2.57 bits per heavy atom. The number of halogens is 2. The zero-order valence-corrected chi connectivity index (χ0v) is 14.2. The van der Waals surface area contributed by atoms with Crippen LogP contribution in [0.1, 0.15) is 42.5 Å². The van der Waals surface area contributed by atoms with E-state index in [9.17, 15) is 4.79 Å². The van der Waals surface area contributed by atoms with Crippen molar-refractivity contribution in [1.82, 2.24) is 5.32 Å². The van der Waals surface area contributed by atoms with Crippen LogP contribution in [0.3, 0.4) is 0 Å². The second-order valence-corrected chi connectivity index (χ2v) is 7.63. The van der Waals surface area contributed by atoms with Crippen molar-refractivity contribution in [2.24, 2.45) is 17.6 Å². The van der Waals surface area contributed by atoms with Crippen LogP contribution in [-0.2, 0) is 0 Å². The number of rotatable bonds is 2. The van der Waals surface area contributed by atoms with Gasteiger partial charge in [0.15, 0.2) is 0 Å². The summed E-state index contributed by atoms with van der Waals surface area (Å²) in [7, 11) is 0. The average molecular weight is 372 g/mol. The molecule has 0 aliphatic heterocycles. The highest BCUT2D eigenvalue weighted by atomic mass is 79.9. The fourth-order valence-corrected chi connectivity index (χ4v) is 4.69. The fourth-order valence-electron chi connectivity index (χ4n) is 3.93. The van der Waals surface area contributed by atoms with E-state index >= 15 is 0 Å². The summed E-state index contributed by atoms with van der Waals surface area (Å²) in [5.74, 6) is 0.973. The Hall–Kier alpha value is -0.580.